The van der Waals surface area contributed by atoms with E-state index >= 15 is 0 Å². The highest BCUT2D eigenvalue weighted by atomic mass is 28.4. The van der Waals surface area contributed by atoms with Crippen molar-refractivity contribution >= 4 is 43.7 Å². The number of benzene rings is 4. The number of aliphatic hydroxyl groups excluding tert-OH is 1. The Bertz CT molecular complexity index is 2840. The van der Waals surface area contributed by atoms with Gasteiger partial charge in [0.25, 0.3) is 27.8 Å². The molecule has 0 spiro atoms. The number of rotatable bonds is 12. The fourth-order valence-electron chi connectivity index (χ4n) is 9.67. The summed E-state index contributed by atoms with van der Waals surface area (Å²) in [6.07, 6.45) is 0.575. The van der Waals surface area contributed by atoms with E-state index in [0.717, 1.165) is 27.0 Å². The van der Waals surface area contributed by atoms with Crippen LogP contribution in [0.1, 0.15) is 93.2 Å². The fourth-order valence-corrected chi connectivity index (χ4v) is 19.1. The molecule has 2 fully saturated rings. The van der Waals surface area contributed by atoms with Gasteiger partial charge in [-0.25, -0.2) is 9.59 Å². The van der Waals surface area contributed by atoms with E-state index in [2.05, 4.69) is 100 Å². The van der Waals surface area contributed by atoms with E-state index in [9.17, 15) is 29.1 Å². The van der Waals surface area contributed by atoms with Crippen LogP contribution in [0.5, 0.6) is 0 Å². The highest BCUT2D eigenvalue weighted by Crippen LogP contribution is 2.42. The first kappa shape index (κ1) is 52.0. The quantitative estimate of drug-likeness (QED) is 0.106. The SMILES string of the molecule is Cc1cn([C@H]2CC(O[Si](c3ccccc3)(c3ccccc3)C(C)(C)C)[C@@H](C=O)O2)c(=O)[nH]c1=O.Cc1cn([C@H]2CC(O[Si](c3ccccc3)(c3ccccc3)C(C)(C)C)[C@@H](CO)O2)c(=O)[nH]c1=O.[2H]CC. The van der Waals surface area contributed by atoms with Gasteiger partial charge in [-0.1, -0.05) is 177 Å². The van der Waals surface area contributed by atoms with Crippen LogP contribution in [0.2, 0.25) is 10.1 Å². The molecule has 2 aromatic heterocycles. The van der Waals surface area contributed by atoms with Gasteiger partial charge < -0.3 is 28.2 Å². The van der Waals surface area contributed by atoms with Crippen LogP contribution in [0, 0.1) is 13.8 Å². The van der Waals surface area contributed by atoms with Gasteiger partial charge in [0.05, 0.1) is 18.8 Å². The molecule has 0 bridgehead atoms. The summed E-state index contributed by atoms with van der Waals surface area (Å²) in [6.45, 7) is 18.4. The fraction of sp³-hybridized carbons (Fsp3) is 0.389. The van der Waals surface area contributed by atoms with Gasteiger partial charge in [0, 0.05) is 37.7 Å². The monoisotopic (exact) mass is 989 g/mol. The largest absolute Gasteiger partial charge is 0.402 e. The summed E-state index contributed by atoms with van der Waals surface area (Å²) >= 11 is 0. The molecule has 8 rings (SSSR count). The molecule has 4 heterocycles. The predicted molar refractivity (Wildman–Crippen MR) is 279 cm³/mol. The molecule has 0 saturated carbocycles. The number of aromatic amines is 2. The molecular formula is C54H68N4O10Si2. The number of aryl methyl sites for hydroxylation is 2. The second kappa shape index (κ2) is 22.5. The molecule has 3 N–H and O–H groups in total. The number of nitrogens with zero attached hydrogens (tertiary/aromatic N) is 2. The average Bonchev–Trinajstić information content (AvgIpc) is 3.96. The maximum absolute atomic E-state index is 12.5. The minimum atomic E-state index is -2.92. The van der Waals surface area contributed by atoms with Crippen molar-refractivity contribution in [1.29, 1.82) is 0 Å². The Kier molecular flexibility index (Phi) is 16.7. The van der Waals surface area contributed by atoms with E-state index in [0.29, 0.717) is 30.9 Å². The molecule has 70 heavy (non-hydrogen) atoms. The molecular weight excluding hydrogens is 921 g/mol. The molecule has 0 radical (unpaired) electrons. The molecule has 4 aromatic carbocycles. The number of nitrogens with one attached hydrogen (secondary N) is 2. The standard InChI is InChI=1S/C26H32N2O5Si.C26H30N2O5Si.C2H6/c2*1-18-16-28(25(31)27-24(18)30)23-15-21(22(17-29)32-23)33-34(26(2,3)4,19-11-7-5-8-12-19)20-13-9-6-10-14-20;1-2/h5-14,16,21-23,29H,15,17H2,1-4H3,(H,27,30,31);5-14,16-17,21-23H,15H2,1-4H3,(H,27,30,31);1-2H3/t2*21?,22-,23-;/m11./s1/i;;1D. The lowest BCUT2D eigenvalue weighted by atomic mass is 10.2. The minimum Gasteiger partial charge on any atom is -0.402 e. The van der Waals surface area contributed by atoms with Crippen LogP contribution < -0.4 is 43.2 Å². The zero-order valence-corrected chi connectivity index (χ0v) is 43.6. The van der Waals surface area contributed by atoms with Crippen LogP contribution >= 0.6 is 0 Å². The van der Waals surface area contributed by atoms with E-state index < -0.39 is 76.0 Å². The molecule has 2 unspecified atom stereocenters. The number of H-pyrrole nitrogens is 2. The van der Waals surface area contributed by atoms with Gasteiger partial charge in [-0.15, -0.1) is 0 Å². The summed E-state index contributed by atoms with van der Waals surface area (Å²) in [5, 5.41) is 14.1. The summed E-state index contributed by atoms with van der Waals surface area (Å²) in [5.74, 6) is 0. The summed E-state index contributed by atoms with van der Waals surface area (Å²) < 4.78 is 35.2. The number of hydrogen-bond acceptors (Lipinski definition) is 10. The van der Waals surface area contributed by atoms with Crippen molar-refractivity contribution in [3.63, 3.8) is 0 Å². The number of aromatic nitrogens is 4. The number of carbonyl (C=O) groups is 1. The molecule has 6 aromatic rings. The van der Waals surface area contributed by atoms with Crippen LogP contribution in [0.4, 0.5) is 0 Å². The Labute approximate surface area is 413 Å². The number of hydrogen-bond donors (Lipinski definition) is 3. The van der Waals surface area contributed by atoms with E-state index in [1.165, 1.54) is 21.5 Å². The highest BCUT2D eigenvalue weighted by Gasteiger charge is 2.55. The number of ether oxygens (including phenoxy) is 2. The molecule has 2 aliphatic heterocycles. The van der Waals surface area contributed by atoms with Gasteiger partial charge in [0.1, 0.15) is 24.7 Å². The summed E-state index contributed by atoms with van der Waals surface area (Å²) in [4.78, 5) is 65.3. The maximum atomic E-state index is 12.5. The van der Waals surface area contributed by atoms with Crippen molar-refractivity contribution in [2.75, 3.05) is 6.61 Å². The van der Waals surface area contributed by atoms with Crippen LogP contribution in [-0.4, -0.2) is 78.2 Å². The minimum absolute atomic E-state index is 0.237. The number of aliphatic hydroxyl groups is 1. The molecule has 6 atom stereocenters. The van der Waals surface area contributed by atoms with Gasteiger partial charge in [-0.3, -0.25) is 28.7 Å². The van der Waals surface area contributed by atoms with Crippen molar-refractivity contribution in [3.8, 4) is 0 Å². The topological polar surface area (TPSA) is 184 Å². The van der Waals surface area contributed by atoms with Crippen LogP contribution in [-0.2, 0) is 23.1 Å². The van der Waals surface area contributed by atoms with E-state index in [1.807, 2.05) is 72.8 Å². The van der Waals surface area contributed by atoms with Crippen molar-refractivity contribution in [3.05, 3.63) is 187 Å². The van der Waals surface area contributed by atoms with Crippen LogP contribution in [0.3, 0.4) is 0 Å². The Hall–Kier alpha value is -5.86. The zero-order valence-electron chi connectivity index (χ0n) is 42.6. The van der Waals surface area contributed by atoms with Crippen molar-refractivity contribution < 1.29 is 29.6 Å². The third-order valence-electron chi connectivity index (χ3n) is 13.0. The first-order valence-corrected chi connectivity index (χ1v) is 27.5. The summed E-state index contributed by atoms with van der Waals surface area (Å²) in [6, 6.07) is 40.8. The molecule has 0 aliphatic carbocycles. The summed E-state index contributed by atoms with van der Waals surface area (Å²) in [7, 11) is -5.79. The lowest BCUT2D eigenvalue weighted by molar-refractivity contribution is -0.122. The molecule has 14 nitrogen and oxygen atoms in total. The molecule has 2 aliphatic rings. The average molecular weight is 990 g/mol. The van der Waals surface area contributed by atoms with Gasteiger partial charge >= 0.3 is 11.4 Å². The Balaban J connectivity index is 0.000000220. The highest BCUT2D eigenvalue weighted by molar-refractivity contribution is 7.00. The van der Waals surface area contributed by atoms with Crippen LogP contribution in [0.25, 0.3) is 0 Å². The molecule has 16 heteroatoms. The predicted octanol–water partition coefficient (Wildman–Crippen LogP) is 5.37. The smallest absolute Gasteiger partial charge is 0.330 e. The first-order valence-electron chi connectivity index (χ1n) is 24.3. The second-order valence-electron chi connectivity index (χ2n) is 19.6. The van der Waals surface area contributed by atoms with Gasteiger partial charge in [0.2, 0.25) is 0 Å². The van der Waals surface area contributed by atoms with Gasteiger partial charge in [-0.2, -0.15) is 0 Å². The lowest BCUT2D eigenvalue weighted by Crippen LogP contribution is -2.68. The number of aldehydes is 1. The maximum Gasteiger partial charge on any atom is 0.330 e. The zero-order chi connectivity index (χ0) is 51.7. The third-order valence-corrected chi connectivity index (χ3v) is 23.1. The van der Waals surface area contributed by atoms with Crippen molar-refractivity contribution in [2.24, 2.45) is 0 Å². The Morgan fingerprint density at radius 3 is 1.29 bits per heavy atom. The molecule has 0 amide bonds. The van der Waals surface area contributed by atoms with Crippen molar-refractivity contribution in [1.82, 2.24) is 19.1 Å². The van der Waals surface area contributed by atoms with E-state index in [1.54, 1.807) is 20.8 Å². The van der Waals surface area contributed by atoms with E-state index in [-0.39, 0.29) is 16.7 Å². The van der Waals surface area contributed by atoms with Gasteiger partial charge in [-0.05, 0) is 44.7 Å². The van der Waals surface area contributed by atoms with E-state index in [4.69, 9.17) is 19.7 Å². The molecule has 372 valence electrons. The van der Waals surface area contributed by atoms with Crippen LogP contribution in [0.15, 0.2) is 153 Å². The second-order valence-corrected chi connectivity index (χ2v) is 28.1. The third kappa shape index (κ3) is 10.9. The summed E-state index contributed by atoms with van der Waals surface area (Å²) in [5.41, 5.74) is -1.16. The Morgan fingerprint density at radius 1 is 0.629 bits per heavy atom. The van der Waals surface area contributed by atoms with Crippen molar-refractivity contribution in [2.45, 2.75) is 129 Å². The normalized spacial score (nSPS) is 20.6. The lowest BCUT2D eigenvalue weighted by Gasteiger charge is -2.45. The Morgan fingerprint density at radius 2 is 0.957 bits per heavy atom. The molecule has 2 saturated heterocycles. The van der Waals surface area contributed by atoms with Gasteiger partial charge in [0.15, 0.2) is 6.29 Å². The number of carbonyl (C=O) groups excluding carboxylic acids is 1. The first-order chi connectivity index (χ1) is 33.8.